The highest BCUT2D eigenvalue weighted by Crippen LogP contribution is 2.29. The molecule has 0 spiro atoms. The van der Waals surface area contributed by atoms with Gasteiger partial charge in [-0.05, 0) is 6.92 Å². The Hall–Kier alpha value is -1.62. The molecule has 108 valence electrons. The predicted octanol–water partition coefficient (Wildman–Crippen LogP) is 0.464. The summed E-state index contributed by atoms with van der Waals surface area (Å²) in [6.45, 7) is -0.137. The van der Waals surface area contributed by atoms with E-state index in [2.05, 4.69) is 14.7 Å². The maximum absolute atomic E-state index is 12.0. The molecule has 0 saturated heterocycles. The summed E-state index contributed by atoms with van der Waals surface area (Å²) in [5, 5.41) is 4.88. The third-order valence-electron chi connectivity index (χ3n) is 1.68. The van der Waals surface area contributed by atoms with Crippen LogP contribution in [0.25, 0.3) is 0 Å². The van der Waals surface area contributed by atoms with Gasteiger partial charge in [0.1, 0.15) is 6.33 Å². The van der Waals surface area contributed by atoms with Crippen LogP contribution in [0.2, 0.25) is 0 Å². The molecular weight excluding hydrogens is 291 g/mol. The Morgan fingerprint density at radius 3 is 2.21 bits per heavy atom. The van der Waals surface area contributed by atoms with Crippen molar-refractivity contribution < 1.29 is 31.1 Å². The van der Waals surface area contributed by atoms with Crippen LogP contribution in [0.4, 0.5) is 13.2 Å². The average Bonchev–Trinajstić information content (AvgIpc) is 2.24. The SMILES string of the molecule is CCOc1ncnc(OCC(F)(F)F)c1S(N)(=O)=O. The normalized spacial score (nSPS) is 12.3. The first-order valence-electron chi connectivity index (χ1n) is 4.85. The van der Waals surface area contributed by atoms with Crippen molar-refractivity contribution in [3.05, 3.63) is 6.33 Å². The number of halogens is 3. The van der Waals surface area contributed by atoms with Crippen molar-refractivity contribution in [1.29, 1.82) is 0 Å². The van der Waals surface area contributed by atoms with Crippen LogP contribution in [0, 0.1) is 0 Å². The number of alkyl halides is 3. The van der Waals surface area contributed by atoms with Crippen molar-refractivity contribution in [2.45, 2.75) is 18.0 Å². The fourth-order valence-corrected chi connectivity index (χ4v) is 1.79. The quantitative estimate of drug-likeness (QED) is 0.847. The Morgan fingerprint density at radius 1 is 1.26 bits per heavy atom. The monoisotopic (exact) mass is 301 g/mol. The lowest BCUT2D eigenvalue weighted by Gasteiger charge is -2.13. The van der Waals surface area contributed by atoms with E-state index >= 15 is 0 Å². The van der Waals surface area contributed by atoms with Gasteiger partial charge >= 0.3 is 6.18 Å². The van der Waals surface area contributed by atoms with Gasteiger partial charge in [-0.1, -0.05) is 0 Å². The molecular formula is C8H10F3N3O4S. The van der Waals surface area contributed by atoms with Crippen LogP contribution in [-0.2, 0) is 10.0 Å². The third kappa shape index (κ3) is 4.52. The fourth-order valence-electron chi connectivity index (χ4n) is 1.08. The van der Waals surface area contributed by atoms with Crippen molar-refractivity contribution in [1.82, 2.24) is 9.97 Å². The van der Waals surface area contributed by atoms with Gasteiger partial charge in [-0.3, -0.25) is 0 Å². The van der Waals surface area contributed by atoms with Crippen LogP contribution in [0.1, 0.15) is 6.92 Å². The molecule has 2 N–H and O–H groups in total. The average molecular weight is 301 g/mol. The molecule has 19 heavy (non-hydrogen) atoms. The molecule has 0 aliphatic rings. The van der Waals surface area contributed by atoms with Gasteiger partial charge in [0.15, 0.2) is 6.61 Å². The summed E-state index contributed by atoms with van der Waals surface area (Å²) in [7, 11) is -4.40. The van der Waals surface area contributed by atoms with Gasteiger partial charge in [0.05, 0.1) is 6.61 Å². The van der Waals surface area contributed by atoms with Gasteiger partial charge in [0.2, 0.25) is 26.7 Å². The van der Waals surface area contributed by atoms with E-state index < -0.39 is 39.5 Å². The maximum atomic E-state index is 12.0. The van der Waals surface area contributed by atoms with Crippen LogP contribution in [-0.4, -0.2) is 37.8 Å². The molecule has 0 aliphatic heterocycles. The summed E-state index contributed by atoms with van der Waals surface area (Å²) in [4.78, 5) is 5.99. The van der Waals surface area contributed by atoms with Crippen LogP contribution < -0.4 is 14.6 Å². The lowest BCUT2D eigenvalue weighted by molar-refractivity contribution is -0.154. The topological polar surface area (TPSA) is 104 Å². The molecule has 0 saturated carbocycles. The number of aromatic nitrogens is 2. The number of hydrogen-bond donors (Lipinski definition) is 1. The molecule has 0 radical (unpaired) electrons. The lowest BCUT2D eigenvalue weighted by Crippen LogP contribution is -2.23. The Labute approximate surface area is 106 Å². The molecule has 1 aromatic heterocycles. The lowest BCUT2D eigenvalue weighted by atomic mass is 10.6. The second kappa shape index (κ2) is 5.57. The maximum Gasteiger partial charge on any atom is 0.422 e. The molecule has 0 aliphatic carbocycles. The summed E-state index contributed by atoms with van der Waals surface area (Å²) in [5.74, 6) is -1.27. The highest BCUT2D eigenvalue weighted by atomic mass is 32.2. The molecule has 7 nitrogen and oxygen atoms in total. The van der Waals surface area contributed by atoms with Crippen molar-refractivity contribution >= 4 is 10.0 Å². The molecule has 1 heterocycles. The van der Waals surface area contributed by atoms with E-state index in [1.807, 2.05) is 0 Å². The van der Waals surface area contributed by atoms with Crippen LogP contribution in [0.5, 0.6) is 11.8 Å². The van der Waals surface area contributed by atoms with E-state index in [1.54, 1.807) is 0 Å². The first-order chi connectivity index (χ1) is 8.65. The summed E-state index contributed by atoms with van der Waals surface area (Å²) < 4.78 is 67.9. The first kappa shape index (κ1) is 15.4. The number of rotatable bonds is 5. The summed E-state index contributed by atoms with van der Waals surface area (Å²) >= 11 is 0. The van der Waals surface area contributed by atoms with Crippen molar-refractivity contribution in [2.24, 2.45) is 5.14 Å². The molecule has 0 fully saturated rings. The third-order valence-corrected chi connectivity index (χ3v) is 2.59. The van der Waals surface area contributed by atoms with Gasteiger partial charge in [0.25, 0.3) is 0 Å². The second-order valence-electron chi connectivity index (χ2n) is 3.19. The van der Waals surface area contributed by atoms with Crippen molar-refractivity contribution in [3.8, 4) is 11.8 Å². The molecule has 0 aromatic carbocycles. The number of sulfonamides is 1. The number of nitrogens with zero attached hydrogens (tertiary/aromatic N) is 2. The van der Waals surface area contributed by atoms with Crippen LogP contribution in [0.3, 0.4) is 0 Å². The number of primary sulfonamides is 1. The molecule has 0 amide bonds. The highest BCUT2D eigenvalue weighted by Gasteiger charge is 2.31. The number of nitrogens with two attached hydrogens (primary N) is 1. The Bertz CT molecular complexity index is 547. The zero-order valence-electron chi connectivity index (χ0n) is 9.64. The molecule has 0 bridgehead atoms. The molecule has 1 rings (SSSR count). The van der Waals surface area contributed by atoms with E-state index in [-0.39, 0.29) is 6.61 Å². The van der Waals surface area contributed by atoms with E-state index in [1.165, 1.54) is 6.92 Å². The number of hydrogen-bond acceptors (Lipinski definition) is 6. The minimum absolute atomic E-state index is 0.0399. The van der Waals surface area contributed by atoms with Gasteiger partial charge < -0.3 is 9.47 Å². The fraction of sp³-hybridized carbons (Fsp3) is 0.500. The Balaban J connectivity index is 3.20. The summed E-state index contributed by atoms with van der Waals surface area (Å²) in [6.07, 6.45) is -3.84. The van der Waals surface area contributed by atoms with Gasteiger partial charge in [-0.2, -0.15) is 13.2 Å². The second-order valence-corrected chi connectivity index (χ2v) is 4.69. The molecule has 11 heteroatoms. The molecule has 0 atom stereocenters. The van der Waals surface area contributed by atoms with Gasteiger partial charge in [-0.15, -0.1) is 0 Å². The highest BCUT2D eigenvalue weighted by molar-refractivity contribution is 7.89. The van der Waals surface area contributed by atoms with E-state index in [0.717, 1.165) is 6.33 Å². The van der Waals surface area contributed by atoms with Crippen molar-refractivity contribution in [2.75, 3.05) is 13.2 Å². The Kier molecular flexibility index (Phi) is 4.52. The summed E-state index contributed by atoms with van der Waals surface area (Å²) in [5.41, 5.74) is 0. The van der Waals surface area contributed by atoms with E-state index in [0.29, 0.717) is 0 Å². The zero-order valence-corrected chi connectivity index (χ0v) is 10.5. The molecule has 0 unspecified atom stereocenters. The smallest absolute Gasteiger partial charge is 0.422 e. The standard InChI is InChI=1S/C8H10F3N3O4S/c1-2-17-6-5(19(12,15)16)7(14-4-13-6)18-3-8(9,10)11/h4H,2-3H2,1H3,(H2,12,15,16). The van der Waals surface area contributed by atoms with Crippen molar-refractivity contribution in [3.63, 3.8) is 0 Å². The number of ether oxygens (including phenoxy) is 2. The van der Waals surface area contributed by atoms with Gasteiger partial charge in [0, 0.05) is 0 Å². The first-order valence-corrected chi connectivity index (χ1v) is 6.40. The minimum Gasteiger partial charge on any atom is -0.477 e. The predicted molar refractivity (Wildman–Crippen MR) is 56.1 cm³/mol. The minimum atomic E-state index is -4.65. The van der Waals surface area contributed by atoms with E-state index in [4.69, 9.17) is 9.88 Å². The summed E-state index contributed by atoms with van der Waals surface area (Å²) in [6, 6.07) is 0. The Morgan fingerprint density at radius 2 is 1.79 bits per heavy atom. The van der Waals surface area contributed by atoms with Gasteiger partial charge in [-0.25, -0.2) is 23.5 Å². The van der Waals surface area contributed by atoms with Crippen LogP contribution in [0.15, 0.2) is 11.2 Å². The van der Waals surface area contributed by atoms with E-state index in [9.17, 15) is 21.6 Å². The van der Waals surface area contributed by atoms with Crippen LogP contribution >= 0.6 is 0 Å². The zero-order chi connectivity index (χ0) is 14.7. The molecule has 1 aromatic rings. The largest absolute Gasteiger partial charge is 0.477 e.